The Morgan fingerprint density at radius 1 is 1.38 bits per heavy atom. The maximum absolute atomic E-state index is 12.8. The molecule has 0 bridgehead atoms. The number of aryl methyl sites for hydroxylation is 1. The quantitative estimate of drug-likeness (QED) is 0.845. The summed E-state index contributed by atoms with van der Waals surface area (Å²) in [6.45, 7) is 2.76. The molecule has 1 spiro atoms. The largest absolute Gasteiger partial charge is 0.378 e. The van der Waals surface area contributed by atoms with Crippen molar-refractivity contribution in [2.24, 2.45) is 12.5 Å². The van der Waals surface area contributed by atoms with Crippen LogP contribution in [0.4, 0.5) is 0 Å². The van der Waals surface area contributed by atoms with Gasteiger partial charge in [0, 0.05) is 38.2 Å². The molecule has 2 aliphatic rings. The van der Waals surface area contributed by atoms with Gasteiger partial charge in [0.1, 0.15) is 5.69 Å². The minimum atomic E-state index is -0.210. The van der Waals surface area contributed by atoms with Crippen LogP contribution in [-0.2, 0) is 11.8 Å². The third-order valence-electron chi connectivity index (χ3n) is 5.86. The van der Waals surface area contributed by atoms with Crippen molar-refractivity contribution in [3.05, 3.63) is 28.2 Å². The van der Waals surface area contributed by atoms with Crippen molar-refractivity contribution in [2.45, 2.75) is 57.6 Å². The highest BCUT2D eigenvalue weighted by atomic mass is 16.5. The minimum absolute atomic E-state index is 0.0966. The number of amides is 1. The number of aromatic nitrogens is 2. The van der Waals surface area contributed by atoms with Gasteiger partial charge in [-0.25, -0.2) is 4.68 Å². The molecule has 24 heavy (non-hydrogen) atoms. The fourth-order valence-electron chi connectivity index (χ4n) is 4.51. The van der Waals surface area contributed by atoms with Crippen LogP contribution < -0.4 is 5.56 Å². The highest BCUT2D eigenvalue weighted by Crippen LogP contribution is 2.55. The van der Waals surface area contributed by atoms with Crippen LogP contribution in [0, 0.1) is 5.41 Å². The minimum Gasteiger partial charge on any atom is -0.378 e. The standard InChI is InChI=1S/C18H27N3O3/c1-4-24-15-12-14(18(15)10-6-5-7-11-18)20(2)17(23)13-8-9-16(22)21(3)19-13/h8-9,14-15H,4-7,10-12H2,1-3H3/t14-,15+/m0/s1. The van der Waals surface area contributed by atoms with Crippen LogP contribution in [0.3, 0.4) is 0 Å². The molecule has 6 heteroatoms. The Balaban J connectivity index is 1.80. The number of hydrogen-bond acceptors (Lipinski definition) is 4. The molecule has 2 fully saturated rings. The van der Waals surface area contributed by atoms with Gasteiger partial charge >= 0.3 is 0 Å². The Bertz CT molecular complexity index is 664. The molecule has 0 radical (unpaired) electrons. The average molecular weight is 333 g/mol. The second-order valence-electron chi connectivity index (χ2n) is 7.09. The monoisotopic (exact) mass is 333 g/mol. The number of hydrogen-bond donors (Lipinski definition) is 0. The van der Waals surface area contributed by atoms with Gasteiger partial charge in [-0.1, -0.05) is 19.3 Å². The van der Waals surface area contributed by atoms with E-state index >= 15 is 0 Å². The van der Waals surface area contributed by atoms with Gasteiger partial charge in [0.05, 0.1) is 6.10 Å². The van der Waals surface area contributed by atoms with Crippen molar-refractivity contribution in [1.82, 2.24) is 14.7 Å². The van der Waals surface area contributed by atoms with Crippen LogP contribution in [0.2, 0.25) is 0 Å². The normalized spacial score (nSPS) is 25.3. The van der Waals surface area contributed by atoms with Crippen LogP contribution in [0.1, 0.15) is 55.9 Å². The van der Waals surface area contributed by atoms with Gasteiger partial charge in [-0.15, -0.1) is 0 Å². The van der Waals surface area contributed by atoms with Gasteiger partial charge in [0.15, 0.2) is 0 Å². The Kier molecular flexibility index (Phi) is 4.76. The molecular formula is C18H27N3O3. The summed E-state index contributed by atoms with van der Waals surface area (Å²) in [7, 11) is 3.43. The molecular weight excluding hydrogens is 306 g/mol. The number of nitrogens with zero attached hydrogens (tertiary/aromatic N) is 3. The summed E-state index contributed by atoms with van der Waals surface area (Å²) in [5.74, 6) is -0.115. The predicted octanol–water partition coefficient (Wildman–Crippen LogP) is 1.98. The molecule has 0 aliphatic heterocycles. The van der Waals surface area contributed by atoms with Crippen LogP contribution >= 0.6 is 0 Å². The molecule has 1 heterocycles. The zero-order chi connectivity index (χ0) is 17.3. The first-order valence-corrected chi connectivity index (χ1v) is 8.92. The van der Waals surface area contributed by atoms with Gasteiger partial charge in [-0.3, -0.25) is 9.59 Å². The van der Waals surface area contributed by atoms with Crippen molar-refractivity contribution in [2.75, 3.05) is 13.7 Å². The van der Waals surface area contributed by atoms with Crippen molar-refractivity contribution in [3.8, 4) is 0 Å². The van der Waals surface area contributed by atoms with E-state index in [-0.39, 0.29) is 29.0 Å². The zero-order valence-electron chi connectivity index (χ0n) is 14.8. The summed E-state index contributed by atoms with van der Waals surface area (Å²) in [4.78, 5) is 26.1. The molecule has 0 saturated heterocycles. The first kappa shape index (κ1) is 17.1. The summed E-state index contributed by atoms with van der Waals surface area (Å²) in [5, 5.41) is 4.11. The number of carbonyl (C=O) groups is 1. The Morgan fingerprint density at radius 3 is 2.71 bits per heavy atom. The van der Waals surface area contributed by atoms with E-state index in [1.807, 2.05) is 18.9 Å². The lowest BCUT2D eigenvalue weighted by atomic mass is 9.54. The highest BCUT2D eigenvalue weighted by Gasteiger charge is 2.57. The molecule has 1 aromatic rings. The van der Waals surface area contributed by atoms with Crippen LogP contribution in [0.15, 0.2) is 16.9 Å². The Hall–Kier alpha value is -1.69. The second-order valence-corrected chi connectivity index (χ2v) is 7.09. The summed E-state index contributed by atoms with van der Waals surface area (Å²) >= 11 is 0. The van der Waals surface area contributed by atoms with E-state index < -0.39 is 0 Å². The van der Waals surface area contributed by atoms with E-state index in [0.717, 1.165) is 25.9 Å². The average Bonchev–Trinajstić information content (AvgIpc) is 2.60. The molecule has 1 amide bonds. The van der Waals surface area contributed by atoms with Gasteiger partial charge in [-0.05, 0) is 32.3 Å². The number of carbonyl (C=O) groups excluding carboxylic acids is 1. The fourth-order valence-corrected chi connectivity index (χ4v) is 4.51. The first-order chi connectivity index (χ1) is 11.5. The van der Waals surface area contributed by atoms with Crippen LogP contribution in [0.25, 0.3) is 0 Å². The molecule has 2 saturated carbocycles. The predicted molar refractivity (Wildman–Crippen MR) is 90.9 cm³/mol. The molecule has 0 unspecified atom stereocenters. The molecule has 3 rings (SSSR count). The van der Waals surface area contributed by atoms with E-state index in [0.29, 0.717) is 5.69 Å². The van der Waals surface area contributed by atoms with Crippen LogP contribution in [-0.4, -0.2) is 46.4 Å². The van der Waals surface area contributed by atoms with E-state index in [9.17, 15) is 9.59 Å². The summed E-state index contributed by atoms with van der Waals surface area (Å²) in [6.07, 6.45) is 7.09. The van der Waals surface area contributed by atoms with Crippen molar-refractivity contribution in [3.63, 3.8) is 0 Å². The molecule has 2 aliphatic carbocycles. The molecule has 0 N–H and O–H groups in total. The third kappa shape index (κ3) is 2.77. The Morgan fingerprint density at radius 2 is 2.08 bits per heavy atom. The van der Waals surface area contributed by atoms with Crippen LogP contribution in [0.5, 0.6) is 0 Å². The highest BCUT2D eigenvalue weighted by molar-refractivity contribution is 5.92. The molecule has 132 valence electrons. The first-order valence-electron chi connectivity index (χ1n) is 8.92. The summed E-state index contributed by atoms with van der Waals surface area (Å²) in [5.41, 5.74) is 0.211. The third-order valence-corrected chi connectivity index (χ3v) is 5.86. The number of ether oxygens (including phenoxy) is 1. The van der Waals surface area contributed by atoms with Gasteiger partial charge in [0.25, 0.3) is 11.5 Å². The Labute approximate surface area is 142 Å². The lowest BCUT2D eigenvalue weighted by Gasteiger charge is -2.60. The van der Waals surface area contributed by atoms with Gasteiger partial charge in [0.2, 0.25) is 0 Å². The smallest absolute Gasteiger partial charge is 0.274 e. The van der Waals surface area contributed by atoms with E-state index in [2.05, 4.69) is 5.10 Å². The summed E-state index contributed by atoms with van der Waals surface area (Å²) in [6, 6.07) is 3.11. The van der Waals surface area contributed by atoms with E-state index in [1.54, 1.807) is 7.05 Å². The summed E-state index contributed by atoms with van der Waals surface area (Å²) < 4.78 is 7.18. The van der Waals surface area contributed by atoms with Crippen molar-refractivity contribution in [1.29, 1.82) is 0 Å². The lowest BCUT2D eigenvalue weighted by molar-refractivity contribution is -0.170. The lowest BCUT2D eigenvalue weighted by Crippen LogP contribution is -2.65. The number of rotatable bonds is 4. The topological polar surface area (TPSA) is 64.4 Å². The fraction of sp³-hybridized carbons (Fsp3) is 0.722. The van der Waals surface area contributed by atoms with E-state index in [1.165, 1.54) is 36.1 Å². The maximum atomic E-state index is 12.8. The molecule has 1 aromatic heterocycles. The van der Waals surface area contributed by atoms with Gasteiger partial charge < -0.3 is 9.64 Å². The molecule has 0 aromatic carbocycles. The van der Waals surface area contributed by atoms with Crippen molar-refractivity contribution >= 4 is 5.91 Å². The zero-order valence-corrected chi connectivity index (χ0v) is 14.8. The van der Waals surface area contributed by atoms with Crippen molar-refractivity contribution < 1.29 is 9.53 Å². The SMILES string of the molecule is CCO[C@@H]1C[C@H](N(C)C(=O)c2ccc(=O)n(C)n2)C12CCCCC2. The maximum Gasteiger partial charge on any atom is 0.274 e. The van der Waals surface area contributed by atoms with E-state index in [4.69, 9.17) is 4.74 Å². The molecule has 2 atom stereocenters. The van der Waals surface area contributed by atoms with Gasteiger partial charge in [-0.2, -0.15) is 5.10 Å². The second kappa shape index (κ2) is 6.67. The molecule has 6 nitrogen and oxygen atoms in total.